The fraction of sp³-hybridized carbons (Fsp3) is 0.300. The van der Waals surface area contributed by atoms with Crippen molar-refractivity contribution in [2.75, 3.05) is 12.4 Å². The number of nitrogens with one attached hydrogen (secondary N) is 2. The van der Waals surface area contributed by atoms with Gasteiger partial charge in [0.15, 0.2) is 5.13 Å². The molecule has 0 unspecified atom stereocenters. The lowest BCUT2D eigenvalue weighted by molar-refractivity contribution is -0.139. The van der Waals surface area contributed by atoms with Gasteiger partial charge in [0.05, 0.1) is 37.8 Å². The molecule has 90 valence electrons. The highest BCUT2D eigenvalue weighted by atomic mass is 32.1. The van der Waals surface area contributed by atoms with E-state index in [0.717, 1.165) is 10.8 Å². The fourth-order valence-electron chi connectivity index (χ4n) is 1.24. The summed E-state index contributed by atoms with van der Waals surface area (Å²) in [5.41, 5.74) is 1.70. The number of thiazole rings is 1. The molecule has 0 saturated carbocycles. The Morgan fingerprint density at radius 2 is 2.53 bits per heavy atom. The number of hydrogen-bond acceptors (Lipinski definition) is 6. The first-order valence-corrected chi connectivity index (χ1v) is 5.88. The largest absolute Gasteiger partial charge is 0.469 e. The third-order valence-electron chi connectivity index (χ3n) is 2.09. The van der Waals surface area contributed by atoms with Crippen LogP contribution < -0.4 is 5.32 Å². The molecule has 0 fully saturated rings. The Hall–Kier alpha value is -1.89. The lowest BCUT2D eigenvalue weighted by atomic mass is 10.3. The number of hydrogen-bond donors (Lipinski definition) is 2. The van der Waals surface area contributed by atoms with E-state index in [9.17, 15) is 4.79 Å². The number of esters is 1. The van der Waals surface area contributed by atoms with E-state index >= 15 is 0 Å². The van der Waals surface area contributed by atoms with E-state index in [0.29, 0.717) is 12.2 Å². The minimum atomic E-state index is -0.282. The number of rotatable bonds is 5. The van der Waals surface area contributed by atoms with Crippen molar-refractivity contribution in [2.45, 2.75) is 13.0 Å². The summed E-state index contributed by atoms with van der Waals surface area (Å²) in [5, 5.41) is 5.76. The van der Waals surface area contributed by atoms with Crippen LogP contribution in [-0.4, -0.2) is 28.0 Å². The molecule has 7 heteroatoms. The third kappa shape index (κ3) is 3.28. The van der Waals surface area contributed by atoms with Crippen molar-refractivity contribution in [3.05, 3.63) is 29.3 Å². The lowest BCUT2D eigenvalue weighted by Crippen LogP contribution is -2.05. The first-order valence-electron chi connectivity index (χ1n) is 5.00. The van der Waals surface area contributed by atoms with Gasteiger partial charge >= 0.3 is 5.97 Å². The number of methoxy groups -OCH3 is 1. The van der Waals surface area contributed by atoms with Crippen LogP contribution in [0.25, 0.3) is 0 Å². The van der Waals surface area contributed by atoms with Gasteiger partial charge in [-0.05, 0) is 0 Å². The molecule has 17 heavy (non-hydrogen) atoms. The number of aromatic nitrogens is 3. The molecule has 2 heterocycles. The second-order valence-corrected chi connectivity index (χ2v) is 4.19. The molecule has 2 N–H and O–H groups in total. The van der Waals surface area contributed by atoms with Crippen molar-refractivity contribution in [1.29, 1.82) is 0 Å². The maximum Gasteiger partial charge on any atom is 0.311 e. The SMILES string of the molecule is COC(=O)Cc1csc(NCc2cnc[nH]2)n1. The highest BCUT2D eigenvalue weighted by Gasteiger charge is 2.07. The van der Waals surface area contributed by atoms with Gasteiger partial charge < -0.3 is 15.0 Å². The van der Waals surface area contributed by atoms with Crippen LogP contribution in [-0.2, 0) is 22.5 Å². The fourth-order valence-corrected chi connectivity index (χ4v) is 1.95. The molecule has 0 aliphatic rings. The van der Waals surface area contributed by atoms with Crippen molar-refractivity contribution in [2.24, 2.45) is 0 Å². The van der Waals surface area contributed by atoms with E-state index in [4.69, 9.17) is 0 Å². The maximum atomic E-state index is 11.0. The predicted octanol–water partition coefficient (Wildman–Crippen LogP) is 1.19. The quantitative estimate of drug-likeness (QED) is 0.781. The number of anilines is 1. The number of carbonyl (C=O) groups excluding carboxylic acids is 1. The summed E-state index contributed by atoms with van der Waals surface area (Å²) in [7, 11) is 1.37. The average molecular weight is 252 g/mol. The van der Waals surface area contributed by atoms with Crippen LogP contribution >= 0.6 is 11.3 Å². The van der Waals surface area contributed by atoms with E-state index in [1.807, 2.05) is 5.38 Å². The van der Waals surface area contributed by atoms with Gasteiger partial charge in [0.25, 0.3) is 0 Å². The van der Waals surface area contributed by atoms with Crippen LogP contribution in [0, 0.1) is 0 Å². The molecule has 2 rings (SSSR count). The maximum absolute atomic E-state index is 11.0. The molecule has 6 nitrogen and oxygen atoms in total. The van der Waals surface area contributed by atoms with Crippen LogP contribution in [0.4, 0.5) is 5.13 Å². The Morgan fingerprint density at radius 1 is 1.65 bits per heavy atom. The Balaban J connectivity index is 1.88. The first kappa shape index (κ1) is 11.6. The number of aromatic amines is 1. The van der Waals surface area contributed by atoms with Crippen LogP contribution in [0.3, 0.4) is 0 Å². The second-order valence-electron chi connectivity index (χ2n) is 3.33. The number of H-pyrrole nitrogens is 1. The van der Waals surface area contributed by atoms with Gasteiger partial charge in [-0.2, -0.15) is 0 Å². The molecule has 0 bridgehead atoms. The van der Waals surface area contributed by atoms with Crippen molar-refractivity contribution < 1.29 is 9.53 Å². The third-order valence-corrected chi connectivity index (χ3v) is 2.94. The first-order chi connectivity index (χ1) is 8.28. The van der Waals surface area contributed by atoms with Crippen molar-refractivity contribution in [3.63, 3.8) is 0 Å². The highest BCUT2D eigenvalue weighted by molar-refractivity contribution is 7.13. The Kier molecular flexibility index (Phi) is 3.71. The van der Waals surface area contributed by atoms with Gasteiger partial charge in [0.1, 0.15) is 0 Å². The predicted molar refractivity (Wildman–Crippen MR) is 63.7 cm³/mol. The molecular formula is C10H12N4O2S. The average Bonchev–Trinajstić information content (AvgIpc) is 2.97. The zero-order valence-electron chi connectivity index (χ0n) is 9.27. The minimum absolute atomic E-state index is 0.207. The van der Waals surface area contributed by atoms with Crippen molar-refractivity contribution in [1.82, 2.24) is 15.0 Å². The molecule has 0 aliphatic heterocycles. The smallest absolute Gasteiger partial charge is 0.311 e. The molecule has 0 atom stereocenters. The van der Waals surface area contributed by atoms with Crippen LogP contribution in [0.2, 0.25) is 0 Å². The molecule has 0 amide bonds. The summed E-state index contributed by atoms with van der Waals surface area (Å²) in [6, 6.07) is 0. The normalized spacial score (nSPS) is 10.2. The van der Waals surface area contributed by atoms with Gasteiger partial charge in [0, 0.05) is 11.6 Å². The summed E-state index contributed by atoms with van der Waals surface area (Å²) >= 11 is 1.46. The Labute approximate surface area is 102 Å². The number of nitrogens with zero attached hydrogens (tertiary/aromatic N) is 2. The highest BCUT2D eigenvalue weighted by Crippen LogP contribution is 2.16. The van der Waals surface area contributed by atoms with Crippen LogP contribution in [0.1, 0.15) is 11.4 Å². The minimum Gasteiger partial charge on any atom is -0.469 e. The molecule has 0 spiro atoms. The molecular weight excluding hydrogens is 240 g/mol. The summed E-state index contributed by atoms with van der Waals surface area (Å²) in [5.74, 6) is -0.282. The summed E-state index contributed by atoms with van der Waals surface area (Å²) in [6.07, 6.45) is 3.58. The summed E-state index contributed by atoms with van der Waals surface area (Å²) < 4.78 is 4.57. The van der Waals surface area contributed by atoms with Gasteiger partial charge in [0.2, 0.25) is 0 Å². The monoisotopic (exact) mass is 252 g/mol. The topological polar surface area (TPSA) is 79.9 Å². The zero-order chi connectivity index (χ0) is 12.1. The Bertz CT molecular complexity index is 480. The lowest BCUT2D eigenvalue weighted by Gasteiger charge is -1.99. The molecule has 0 radical (unpaired) electrons. The van der Waals surface area contributed by atoms with E-state index in [-0.39, 0.29) is 12.4 Å². The second kappa shape index (κ2) is 5.44. The number of imidazole rings is 1. The van der Waals surface area contributed by atoms with Gasteiger partial charge in [-0.15, -0.1) is 11.3 Å². The van der Waals surface area contributed by atoms with Crippen LogP contribution in [0.5, 0.6) is 0 Å². The van der Waals surface area contributed by atoms with Crippen molar-refractivity contribution in [3.8, 4) is 0 Å². The number of carbonyl (C=O) groups is 1. The zero-order valence-corrected chi connectivity index (χ0v) is 10.1. The van der Waals surface area contributed by atoms with E-state index < -0.39 is 0 Å². The van der Waals surface area contributed by atoms with Gasteiger partial charge in [-0.3, -0.25) is 4.79 Å². The molecule has 2 aromatic rings. The van der Waals surface area contributed by atoms with E-state index in [1.165, 1.54) is 18.4 Å². The van der Waals surface area contributed by atoms with Crippen molar-refractivity contribution >= 4 is 22.4 Å². The number of ether oxygens (including phenoxy) is 1. The van der Waals surface area contributed by atoms with Crippen LogP contribution in [0.15, 0.2) is 17.9 Å². The molecule has 0 aromatic carbocycles. The Morgan fingerprint density at radius 3 is 3.24 bits per heavy atom. The van der Waals surface area contributed by atoms with Gasteiger partial charge in [-0.1, -0.05) is 0 Å². The summed E-state index contributed by atoms with van der Waals surface area (Å²) in [4.78, 5) is 22.2. The molecule has 0 saturated heterocycles. The van der Waals surface area contributed by atoms with Gasteiger partial charge in [-0.25, -0.2) is 9.97 Å². The van der Waals surface area contributed by atoms with E-state index in [2.05, 4.69) is 25.0 Å². The standard InChI is InChI=1S/C10H12N4O2S/c1-16-9(15)2-7-5-17-10(14-7)12-4-8-3-11-6-13-8/h3,5-6H,2,4H2,1H3,(H,11,13)(H,12,14). The summed E-state index contributed by atoms with van der Waals surface area (Å²) in [6.45, 7) is 0.630. The molecule has 0 aliphatic carbocycles. The van der Waals surface area contributed by atoms with E-state index in [1.54, 1.807) is 12.5 Å². The molecule has 2 aromatic heterocycles.